The average molecular weight is 256 g/mol. The fourth-order valence-corrected chi connectivity index (χ4v) is 2.28. The molecule has 0 aliphatic rings. The summed E-state index contributed by atoms with van der Waals surface area (Å²) >= 11 is 0. The number of hydrogen-bond donors (Lipinski definition) is 1. The van der Waals surface area contributed by atoms with Crippen LogP contribution in [0.2, 0.25) is 0 Å². The van der Waals surface area contributed by atoms with Crippen molar-refractivity contribution < 1.29 is 9.84 Å². The standard InChI is InChI=1S/C17H20O2/c1-4-14-7-8-15(10-17(14)19-3)16-9-13(11-18)6-5-12(16)2/h5-10,18H,4,11H2,1-3H3. The van der Waals surface area contributed by atoms with E-state index in [1.165, 1.54) is 11.1 Å². The van der Waals surface area contributed by atoms with Crippen LogP contribution in [0.3, 0.4) is 0 Å². The van der Waals surface area contributed by atoms with E-state index < -0.39 is 0 Å². The molecule has 2 aromatic carbocycles. The molecule has 0 saturated carbocycles. The molecule has 0 saturated heterocycles. The van der Waals surface area contributed by atoms with Gasteiger partial charge in [0.15, 0.2) is 0 Å². The number of methoxy groups -OCH3 is 1. The van der Waals surface area contributed by atoms with Crippen LogP contribution < -0.4 is 4.74 Å². The second kappa shape index (κ2) is 5.89. The highest BCUT2D eigenvalue weighted by atomic mass is 16.5. The van der Waals surface area contributed by atoms with Crippen LogP contribution in [0.15, 0.2) is 36.4 Å². The fourth-order valence-electron chi connectivity index (χ4n) is 2.28. The van der Waals surface area contributed by atoms with Crippen molar-refractivity contribution in [2.45, 2.75) is 26.9 Å². The molecule has 0 radical (unpaired) electrons. The summed E-state index contributed by atoms with van der Waals surface area (Å²) in [5, 5.41) is 9.26. The van der Waals surface area contributed by atoms with E-state index >= 15 is 0 Å². The van der Waals surface area contributed by atoms with Crippen molar-refractivity contribution in [1.29, 1.82) is 0 Å². The maximum Gasteiger partial charge on any atom is 0.122 e. The summed E-state index contributed by atoms with van der Waals surface area (Å²) in [7, 11) is 1.70. The lowest BCUT2D eigenvalue weighted by Gasteiger charge is -2.12. The van der Waals surface area contributed by atoms with Crippen molar-refractivity contribution in [3.63, 3.8) is 0 Å². The Morgan fingerprint density at radius 1 is 1.11 bits per heavy atom. The van der Waals surface area contributed by atoms with E-state index in [1.54, 1.807) is 7.11 Å². The molecule has 0 bridgehead atoms. The molecule has 2 aromatic rings. The van der Waals surface area contributed by atoms with Crippen molar-refractivity contribution in [2.75, 3.05) is 7.11 Å². The van der Waals surface area contributed by atoms with Gasteiger partial charge in [-0.15, -0.1) is 0 Å². The van der Waals surface area contributed by atoms with Crippen LogP contribution in [-0.2, 0) is 13.0 Å². The number of aliphatic hydroxyl groups is 1. The van der Waals surface area contributed by atoms with Crippen LogP contribution in [0.1, 0.15) is 23.6 Å². The van der Waals surface area contributed by atoms with Gasteiger partial charge >= 0.3 is 0 Å². The van der Waals surface area contributed by atoms with E-state index in [2.05, 4.69) is 32.0 Å². The number of hydrogen-bond acceptors (Lipinski definition) is 2. The van der Waals surface area contributed by atoms with E-state index in [0.29, 0.717) is 0 Å². The van der Waals surface area contributed by atoms with Crippen LogP contribution in [-0.4, -0.2) is 12.2 Å². The molecular weight excluding hydrogens is 236 g/mol. The lowest BCUT2D eigenvalue weighted by Crippen LogP contribution is -1.93. The molecule has 0 atom stereocenters. The Kier molecular flexibility index (Phi) is 4.23. The summed E-state index contributed by atoms with van der Waals surface area (Å²) < 4.78 is 5.45. The van der Waals surface area contributed by atoms with Crippen molar-refractivity contribution in [1.82, 2.24) is 0 Å². The normalized spacial score (nSPS) is 10.5. The van der Waals surface area contributed by atoms with Gasteiger partial charge in [-0.3, -0.25) is 0 Å². The zero-order chi connectivity index (χ0) is 13.8. The molecule has 0 aliphatic heterocycles. The molecule has 2 nitrogen and oxygen atoms in total. The van der Waals surface area contributed by atoms with Crippen LogP contribution in [0.5, 0.6) is 5.75 Å². The summed E-state index contributed by atoms with van der Waals surface area (Å²) in [5.74, 6) is 0.925. The van der Waals surface area contributed by atoms with Crippen molar-refractivity contribution in [3.8, 4) is 16.9 Å². The number of aryl methyl sites for hydroxylation is 2. The van der Waals surface area contributed by atoms with Crippen molar-refractivity contribution in [3.05, 3.63) is 53.1 Å². The average Bonchev–Trinajstić information content (AvgIpc) is 2.47. The van der Waals surface area contributed by atoms with Crippen LogP contribution >= 0.6 is 0 Å². The lowest BCUT2D eigenvalue weighted by atomic mass is 9.96. The van der Waals surface area contributed by atoms with Gasteiger partial charge in [0.25, 0.3) is 0 Å². The zero-order valence-electron chi connectivity index (χ0n) is 11.7. The van der Waals surface area contributed by atoms with Gasteiger partial charge in [0.1, 0.15) is 5.75 Å². The van der Waals surface area contributed by atoms with Crippen molar-refractivity contribution in [2.24, 2.45) is 0 Å². The molecule has 0 aromatic heterocycles. The Balaban J connectivity index is 2.52. The molecule has 1 N–H and O–H groups in total. The predicted octanol–water partition coefficient (Wildman–Crippen LogP) is 3.73. The smallest absolute Gasteiger partial charge is 0.122 e. The second-order valence-electron chi connectivity index (χ2n) is 4.69. The summed E-state index contributed by atoms with van der Waals surface area (Å²) in [4.78, 5) is 0. The van der Waals surface area contributed by atoms with Gasteiger partial charge in [0, 0.05) is 0 Å². The van der Waals surface area contributed by atoms with E-state index in [9.17, 15) is 5.11 Å². The summed E-state index contributed by atoms with van der Waals surface area (Å²) in [6.45, 7) is 4.27. The molecule has 0 unspecified atom stereocenters. The minimum Gasteiger partial charge on any atom is -0.496 e. The van der Waals surface area contributed by atoms with Gasteiger partial charge in [-0.05, 0) is 53.3 Å². The monoisotopic (exact) mass is 256 g/mol. The van der Waals surface area contributed by atoms with Gasteiger partial charge in [0.05, 0.1) is 13.7 Å². The number of benzene rings is 2. The summed E-state index contributed by atoms with van der Waals surface area (Å²) in [6.07, 6.45) is 0.957. The maximum atomic E-state index is 9.26. The fraction of sp³-hybridized carbons (Fsp3) is 0.294. The Morgan fingerprint density at radius 3 is 2.53 bits per heavy atom. The van der Waals surface area contributed by atoms with Gasteiger partial charge in [0.2, 0.25) is 0 Å². The lowest BCUT2D eigenvalue weighted by molar-refractivity contribution is 0.282. The Bertz CT molecular complexity index is 573. The topological polar surface area (TPSA) is 29.5 Å². The quantitative estimate of drug-likeness (QED) is 0.903. The van der Waals surface area contributed by atoms with Crippen LogP contribution in [0, 0.1) is 6.92 Å². The molecule has 0 aliphatic carbocycles. The summed E-state index contributed by atoms with van der Waals surface area (Å²) in [5.41, 5.74) is 5.61. The van der Waals surface area contributed by atoms with Gasteiger partial charge in [-0.2, -0.15) is 0 Å². The molecule has 0 heterocycles. The number of rotatable bonds is 4. The number of ether oxygens (including phenoxy) is 1. The first-order valence-electron chi connectivity index (χ1n) is 6.57. The Hall–Kier alpha value is -1.80. The van der Waals surface area contributed by atoms with Gasteiger partial charge in [-0.25, -0.2) is 0 Å². The predicted molar refractivity (Wildman–Crippen MR) is 78.5 cm³/mol. The Labute approximate surface area is 114 Å². The highest BCUT2D eigenvalue weighted by Crippen LogP contribution is 2.30. The third-order valence-corrected chi connectivity index (χ3v) is 3.46. The molecule has 2 heteroatoms. The first kappa shape index (κ1) is 13.6. The molecule has 0 amide bonds. The maximum absolute atomic E-state index is 9.26. The Morgan fingerprint density at radius 2 is 1.89 bits per heavy atom. The van der Waals surface area contributed by atoms with E-state index in [0.717, 1.165) is 28.9 Å². The third kappa shape index (κ3) is 2.79. The molecule has 2 rings (SSSR count). The second-order valence-corrected chi connectivity index (χ2v) is 4.69. The molecular formula is C17H20O2. The molecule has 0 spiro atoms. The van der Waals surface area contributed by atoms with Crippen molar-refractivity contribution >= 4 is 0 Å². The highest BCUT2D eigenvalue weighted by Gasteiger charge is 2.07. The van der Waals surface area contributed by atoms with E-state index in [4.69, 9.17) is 4.74 Å². The largest absolute Gasteiger partial charge is 0.496 e. The van der Waals surface area contributed by atoms with E-state index in [1.807, 2.05) is 18.2 Å². The SMILES string of the molecule is CCc1ccc(-c2cc(CO)ccc2C)cc1OC. The molecule has 100 valence electrons. The third-order valence-electron chi connectivity index (χ3n) is 3.46. The zero-order valence-corrected chi connectivity index (χ0v) is 11.7. The van der Waals surface area contributed by atoms with Crippen LogP contribution in [0.25, 0.3) is 11.1 Å². The van der Waals surface area contributed by atoms with E-state index in [-0.39, 0.29) is 6.61 Å². The molecule has 0 fully saturated rings. The highest BCUT2D eigenvalue weighted by molar-refractivity contribution is 5.70. The number of aliphatic hydroxyl groups excluding tert-OH is 1. The molecule has 19 heavy (non-hydrogen) atoms. The first-order chi connectivity index (χ1) is 9.19. The van der Waals surface area contributed by atoms with Gasteiger partial charge < -0.3 is 9.84 Å². The minimum absolute atomic E-state index is 0.0669. The summed E-state index contributed by atoms with van der Waals surface area (Å²) in [6, 6.07) is 12.3. The minimum atomic E-state index is 0.0669. The first-order valence-corrected chi connectivity index (χ1v) is 6.57. The van der Waals surface area contributed by atoms with Crippen LogP contribution in [0.4, 0.5) is 0 Å². The van der Waals surface area contributed by atoms with Gasteiger partial charge in [-0.1, -0.05) is 31.2 Å².